The summed E-state index contributed by atoms with van der Waals surface area (Å²) < 4.78 is 12.3. The number of carbonyl (C=O) groups is 1. The van der Waals surface area contributed by atoms with Gasteiger partial charge in [-0.25, -0.2) is 0 Å². The standard InChI is InChI=1S/C23H27BrN2O3S/c1-15(2)11-12-28-20-10-9-17(24)13-18(20)22(27)26-23(30)25-19-7-5-6-8-21(19)29-14-16(3)4/h5-10,13,15H,3,11-12,14H2,1-2,4H3,(H2,25,26,27,30). The summed E-state index contributed by atoms with van der Waals surface area (Å²) >= 11 is 8.74. The summed E-state index contributed by atoms with van der Waals surface area (Å²) in [5.74, 6) is 1.30. The van der Waals surface area contributed by atoms with Gasteiger partial charge in [-0.1, -0.05) is 48.5 Å². The molecule has 0 saturated heterocycles. The third-order valence-electron chi connectivity index (χ3n) is 3.98. The maximum Gasteiger partial charge on any atom is 0.261 e. The Labute approximate surface area is 192 Å². The number of para-hydroxylation sites is 2. The Morgan fingerprint density at radius 2 is 1.90 bits per heavy atom. The number of rotatable bonds is 9. The zero-order chi connectivity index (χ0) is 22.1. The molecule has 2 rings (SSSR count). The molecule has 0 aliphatic rings. The average Bonchev–Trinajstić information content (AvgIpc) is 2.68. The molecule has 0 aliphatic heterocycles. The second-order valence-electron chi connectivity index (χ2n) is 7.32. The number of carbonyl (C=O) groups excluding carboxylic acids is 1. The first-order valence-electron chi connectivity index (χ1n) is 9.67. The summed E-state index contributed by atoms with van der Waals surface area (Å²) in [5.41, 5.74) is 1.97. The third-order valence-corrected chi connectivity index (χ3v) is 4.67. The minimum Gasteiger partial charge on any atom is -0.493 e. The van der Waals surface area contributed by atoms with Crippen molar-refractivity contribution >= 4 is 44.9 Å². The van der Waals surface area contributed by atoms with Crippen LogP contribution in [0, 0.1) is 5.92 Å². The van der Waals surface area contributed by atoms with Crippen LogP contribution in [0.4, 0.5) is 5.69 Å². The van der Waals surface area contributed by atoms with Crippen molar-refractivity contribution in [2.45, 2.75) is 27.2 Å². The summed E-state index contributed by atoms with van der Waals surface area (Å²) in [5, 5.41) is 5.90. The molecule has 0 radical (unpaired) electrons. The highest BCUT2D eigenvalue weighted by atomic mass is 79.9. The molecular formula is C23H27BrN2O3S. The van der Waals surface area contributed by atoms with Crippen molar-refractivity contribution in [3.05, 3.63) is 64.7 Å². The summed E-state index contributed by atoms with van der Waals surface area (Å²) in [7, 11) is 0. The Hall–Kier alpha value is -2.38. The van der Waals surface area contributed by atoms with Crippen molar-refractivity contribution in [3.8, 4) is 11.5 Å². The minimum atomic E-state index is -0.353. The Bertz CT molecular complexity index is 915. The predicted octanol–water partition coefficient (Wildman–Crippen LogP) is 5.96. The lowest BCUT2D eigenvalue weighted by Gasteiger charge is -2.16. The van der Waals surface area contributed by atoms with Crippen LogP contribution in [0.15, 0.2) is 59.1 Å². The highest BCUT2D eigenvalue weighted by molar-refractivity contribution is 9.10. The molecule has 5 nitrogen and oxygen atoms in total. The predicted molar refractivity (Wildman–Crippen MR) is 130 cm³/mol. The highest BCUT2D eigenvalue weighted by Gasteiger charge is 2.16. The quantitative estimate of drug-likeness (QED) is 0.335. The summed E-state index contributed by atoms with van der Waals surface area (Å²) in [6.07, 6.45) is 0.901. The van der Waals surface area contributed by atoms with Crippen LogP contribution >= 0.6 is 28.1 Å². The van der Waals surface area contributed by atoms with E-state index >= 15 is 0 Å². The number of halogens is 1. The van der Waals surface area contributed by atoms with E-state index in [1.54, 1.807) is 12.1 Å². The largest absolute Gasteiger partial charge is 0.493 e. The van der Waals surface area contributed by atoms with Crippen LogP contribution in [-0.2, 0) is 0 Å². The van der Waals surface area contributed by atoms with E-state index in [0.717, 1.165) is 16.5 Å². The second kappa shape index (κ2) is 11.7. The lowest BCUT2D eigenvalue weighted by molar-refractivity contribution is 0.0973. The lowest BCUT2D eigenvalue weighted by atomic mass is 10.1. The molecule has 30 heavy (non-hydrogen) atoms. The Kier molecular flexibility index (Phi) is 9.33. The fourth-order valence-corrected chi connectivity index (χ4v) is 2.99. The molecule has 0 bridgehead atoms. The first kappa shape index (κ1) is 23.9. The molecule has 0 aromatic heterocycles. The molecular weight excluding hydrogens is 464 g/mol. The van der Waals surface area contributed by atoms with Crippen molar-refractivity contribution < 1.29 is 14.3 Å². The molecule has 0 aliphatic carbocycles. The Morgan fingerprint density at radius 3 is 2.60 bits per heavy atom. The van der Waals surface area contributed by atoms with Gasteiger partial charge in [-0.2, -0.15) is 0 Å². The average molecular weight is 491 g/mol. The fourth-order valence-electron chi connectivity index (χ4n) is 2.43. The van der Waals surface area contributed by atoms with Crippen LogP contribution in [0.2, 0.25) is 0 Å². The van der Waals surface area contributed by atoms with Gasteiger partial charge in [0.2, 0.25) is 0 Å². The van der Waals surface area contributed by atoms with E-state index in [4.69, 9.17) is 21.7 Å². The van der Waals surface area contributed by atoms with Gasteiger partial charge in [-0.05, 0) is 67.4 Å². The molecule has 7 heteroatoms. The van der Waals surface area contributed by atoms with Gasteiger partial charge < -0.3 is 14.8 Å². The van der Waals surface area contributed by atoms with Crippen molar-refractivity contribution in [1.82, 2.24) is 5.32 Å². The lowest BCUT2D eigenvalue weighted by Crippen LogP contribution is -2.34. The molecule has 0 unspecified atom stereocenters. The van der Waals surface area contributed by atoms with E-state index in [0.29, 0.717) is 41.9 Å². The van der Waals surface area contributed by atoms with Crippen LogP contribution in [-0.4, -0.2) is 24.2 Å². The van der Waals surface area contributed by atoms with Crippen LogP contribution in [0.25, 0.3) is 0 Å². The van der Waals surface area contributed by atoms with Gasteiger partial charge in [0.25, 0.3) is 5.91 Å². The Morgan fingerprint density at radius 1 is 1.17 bits per heavy atom. The van der Waals surface area contributed by atoms with Crippen molar-refractivity contribution in [1.29, 1.82) is 0 Å². The fraction of sp³-hybridized carbons (Fsp3) is 0.304. The van der Waals surface area contributed by atoms with E-state index in [-0.39, 0.29) is 11.0 Å². The number of nitrogens with one attached hydrogen (secondary N) is 2. The molecule has 0 fully saturated rings. The van der Waals surface area contributed by atoms with Crippen molar-refractivity contribution in [3.63, 3.8) is 0 Å². The van der Waals surface area contributed by atoms with Crippen LogP contribution in [0.3, 0.4) is 0 Å². The van der Waals surface area contributed by atoms with E-state index in [2.05, 4.69) is 47.0 Å². The monoisotopic (exact) mass is 490 g/mol. The molecule has 2 aromatic rings. The molecule has 0 spiro atoms. The van der Waals surface area contributed by atoms with Gasteiger partial charge >= 0.3 is 0 Å². The summed E-state index contributed by atoms with van der Waals surface area (Å²) in [6, 6.07) is 12.7. The van der Waals surface area contributed by atoms with E-state index < -0.39 is 0 Å². The van der Waals surface area contributed by atoms with Gasteiger partial charge in [-0.15, -0.1) is 0 Å². The van der Waals surface area contributed by atoms with E-state index in [9.17, 15) is 4.79 Å². The summed E-state index contributed by atoms with van der Waals surface area (Å²) in [6.45, 7) is 10.9. The van der Waals surface area contributed by atoms with Gasteiger partial charge in [0, 0.05) is 4.47 Å². The molecule has 0 saturated carbocycles. The van der Waals surface area contributed by atoms with Crippen LogP contribution < -0.4 is 20.1 Å². The molecule has 2 aromatic carbocycles. The normalized spacial score (nSPS) is 10.4. The van der Waals surface area contributed by atoms with Gasteiger partial charge in [-0.3, -0.25) is 10.1 Å². The number of amides is 1. The number of hydrogen-bond donors (Lipinski definition) is 2. The molecule has 2 N–H and O–H groups in total. The number of anilines is 1. The highest BCUT2D eigenvalue weighted by Crippen LogP contribution is 2.25. The van der Waals surface area contributed by atoms with Crippen LogP contribution in [0.5, 0.6) is 11.5 Å². The van der Waals surface area contributed by atoms with Crippen molar-refractivity contribution in [2.24, 2.45) is 5.92 Å². The van der Waals surface area contributed by atoms with E-state index in [1.165, 1.54) is 0 Å². The number of thiocarbonyl (C=S) groups is 1. The minimum absolute atomic E-state index is 0.166. The van der Waals surface area contributed by atoms with Gasteiger partial charge in [0.1, 0.15) is 18.1 Å². The van der Waals surface area contributed by atoms with Gasteiger partial charge in [0.05, 0.1) is 17.9 Å². The SMILES string of the molecule is C=C(C)COc1ccccc1NC(=S)NC(=O)c1cc(Br)ccc1OCCC(C)C. The number of hydrogen-bond acceptors (Lipinski definition) is 4. The second-order valence-corrected chi connectivity index (χ2v) is 8.65. The first-order valence-corrected chi connectivity index (χ1v) is 10.9. The molecule has 0 heterocycles. The van der Waals surface area contributed by atoms with Gasteiger partial charge in [0.15, 0.2) is 5.11 Å². The summed E-state index contributed by atoms with van der Waals surface area (Å²) in [4.78, 5) is 12.8. The molecule has 160 valence electrons. The number of benzene rings is 2. The topological polar surface area (TPSA) is 59.6 Å². The molecule has 1 amide bonds. The van der Waals surface area contributed by atoms with Crippen molar-refractivity contribution in [2.75, 3.05) is 18.5 Å². The molecule has 0 atom stereocenters. The maximum absolute atomic E-state index is 12.8. The van der Waals surface area contributed by atoms with Crippen LogP contribution in [0.1, 0.15) is 37.6 Å². The zero-order valence-electron chi connectivity index (χ0n) is 17.5. The number of ether oxygens (including phenoxy) is 2. The van der Waals surface area contributed by atoms with E-state index in [1.807, 2.05) is 37.3 Å². The smallest absolute Gasteiger partial charge is 0.261 e. The maximum atomic E-state index is 12.8. The Balaban J connectivity index is 2.07. The zero-order valence-corrected chi connectivity index (χ0v) is 19.9. The first-order chi connectivity index (χ1) is 14.3. The third kappa shape index (κ3) is 7.80.